The van der Waals surface area contributed by atoms with Crippen LogP contribution in [0.15, 0.2) is 15.8 Å². The van der Waals surface area contributed by atoms with E-state index in [1.54, 1.807) is 0 Å². The van der Waals surface area contributed by atoms with E-state index in [0.717, 1.165) is 10.2 Å². The van der Waals surface area contributed by atoms with Gasteiger partial charge in [-0.05, 0) is 0 Å². The lowest BCUT2D eigenvalue weighted by atomic mass is 10.1. The van der Waals surface area contributed by atoms with Crippen LogP contribution in [0, 0.1) is 0 Å². The first-order chi connectivity index (χ1) is 13.1. The van der Waals surface area contributed by atoms with Crippen LogP contribution in [-0.2, 0) is 31.6 Å². The molecule has 2 heterocycles. The Morgan fingerprint density at radius 1 is 1.17 bits per heavy atom. The van der Waals surface area contributed by atoms with Crippen molar-refractivity contribution in [3.63, 3.8) is 0 Å². The molecule has 166 valence electrons. The minimum absolute atomic E-state index is 0.0838. The fourth-order valence-corrected chi connectivity index (χ4v) is 5.46. The summed E-state index contributed by atoms with van der Waals surface area (Å²) in [6, 6.07) is 0. The molecule has 3 unspecified atom stereocenters. The number of rotatable bonds is 8. The molecule has 20 heteroatoms. The Morgan fingerprint density at radius 2 is 1.79 bits per heavy atom. The average Bonchev–Trinajstić information content (AvgIpc) is 2.86. The van der Waals surface area contributed by atoms with Crippen molar-refractivity contribution in [3.05, 3.63) is 32.6 Å². The molecule has 1 aromatic heterocycles. The van der Waals surface area contributed by atoms with Gasteiger partial charge in [0, 0.05) is 12.6 Å². The molecule has 16 nitrogen and oxygen atoms in total. The van der Waals surface area contributed by atoms with Gasteiger partial charge in [0.1, 0.15) is 6.10 Å². The Balaban J connectivity index is 2.03. The van der Waals surface area contributed by atoms with Crippen molar-refractivity contribution >= 4 is 36.3 Å². The largest absolute Gasteiger partial charge is 0.490 e. The summed E-state index contributed by atoms with van der Waals surface area (Å²) in [7, 11) is -16.6. The van der Waals surface area contributed by atoms with E-state index in [1.165, 1.54) is 0 Å². The summed E-state index contributed by atoms with van der Waals surface area (Å²) in [5.74, 6) is 0. The molecule has 1 aliphatic heterocycles. The van der Waals surface area contributed by atoms with Crippen molar-refractivity contribution < 1.29 is 56.3 Å². The number of nitrogens with zero attached hydrogens (tertiary/aromatic N) is 1. The quantitative estimate of drug-likeness (QED) is 0.163. The van der Waals surface area contributed by atoms with Crippen LogP contribution < -0.4 is 11.2 Å². The van der Waals surface area contributed by atoms with Gasteiger partial charge in [0.25, 0.3) is 5.56 Å². The second-order valence-electron chi connectivity index (χ2n) is 5.54. The van der Waals surface area contributed by atoms with Crippen LogP contribution in [0.5, 0.6) is 0 Å². The number of hydrogen-bond acceptors (Lipinski definition) is 11. The Morgan fingerprint density at radius 3 is 2.38 bits per heavy atom. The highest BCUT2D eigenvalue weighted by Gasteiger charge is 2.43. The van der Waals surface area contributed by atoms with Crippen molar-refractivity contribution in [2.45, 2.75) is 24.7 Å². The molecular formula is C9H15N2O14P3S. The second kappa shape index (κ2) is 8.85. The van der Waals surface area contributed by atoms with Crippen molar-refractivity contribution in [1.29, 1.82) is 0 Å². The minimum Gasteiger partial charge on any atom is -0.390 e. The Labute approximate surface area is 166 Å². The van der Waals surface area contributed by atoms with Gasteiger partial charge in [-0.15, -0.1) is 0 Å². The van der Waals surface area contributed by atoms with Crippen LogP contribution in [0.2, 0.25) is 0 Å². The van der Waals surface area contributed by atoms with E-state index >= 15 is 0 Å². The number of aliphatic hydroxyl groups is 1. The third kappa shape index (κ3) is 7.22. The summed E-state index contributed by atoms with van der Waals surface area (Å²) in [6.07, 6.45) is -2.83. The van der Waals surface area contributed by atoms with Crippen molar-refractivity contribution in [3.8, 4) is 0 Å². The lowest BCUT2D eigenvalue weighted by molar-refractivity contribution is -0.0225. The number of thiol groups is 1. The average molecular weight is 500 g/mol. The van der Waals surface area contributed by atoms with Crippen LogP contribution in [0.1, 0.15) is 18.1 Å². The first kappa shape index (κ1) is 24.6. The molecule has 0 bridgehead atoms. The monoisotopic (exact) mass is 500 g/mol. The predicted molar refractivity (Wildman–Crippen MR) is 93.8 cm³/mol. The highest BCUT2D eigenvalue weighted by Crippen LogP contribution is 2.66. The zero-order chi connectivity index (χ0) is 22.2. The molecule has 0 aromatic carbocycles. The first-order valence-corrected chi connectivity index (χ1v) is 12.2. The highest BCUT2D eigenvalue weighted by molar-refractivity contribution is 7.78. The van der Waals surface area contributed by atoms with Gasteiger partial charge < -0.3 is 29.4 Å². The number of aliphatic hydroxyl groups excluding tert-OH is 1. The maximum atomic E-state index is 11.8. The lowest BCUT2D eigenvalue weighted by Crippen LogP contribution is -2.29. The lowest BCUT2D eigenvalue weighted by Gasteiger charge is -2.19. The summed E-state index contributed by atoms with van der Waals surface area (Å²) >= 11 is 3.79. The Hall–Kier alpha value is -0.640. The van der Waals surface area contributed by atoms with Gasteiger partial charge in [-0.1, -0.05) is 12.8 Å². The number of aromatic amines is 1. The van der Waals surface area contributed by atoms with E-state index in [-0.39, 0.29) is 12.0 Å². The van der Waals surface area contributed by atoms with E-state index in [2.05, 4.69) is 26.0 Å². The van der Waals surface area contributed by atoms with Gasteiger partial charge in [-0.3, -0.25) is 14.3 Å². The molecule has 2 rings (SSSR count). The zero-order valence-electron chi connectivity index (χ0n) is 13.9. The van der Waals surface area contributed by atoms with Crippen LogP contribution in [0.25, 0.3) is 0 Å². The molecule has 0 amide bonds. The molecule has 29 heavy (non-hydrogen) atoms. The van der Waals surface area contributed by atoms with E-state index in [0.29, 0.717) is 0 Å². The molecule has 6 N–H and O–H groups in total. The summed E-state index contributed by atoms with van der Waals surface area (Å²) < 4.78 is 51.0. The number of ether oxygens (including phenoxy) is 1. The summed E-state index contributed by atoms with van der Waals surface area (Å²) in [5.41, 5.74) is -1.71. The zero-order valence-corrected chi connectivity index (χ0v) is 17.4. The van der Waals surface area contributed by atoms with E-state index in [4.69, 9.17) is 19.4 Å². The topological polar surface area (TPSA) is 244 Å². The molecule has 1 aromatic rings. The molecule has 1 saturated heterocycles. The molecule has 0 radical (unpaired) electrons. The second-order valence-corrected chi connectivity index (χ2v) is 10.4. The normalized spacial score (nSPS) is 26.8. The molecule has 1 fully saturated rings. The molecule has 1 aliphatic rings. The van der Waals surface area contributed by atoms with Gasteiger partial charge in [0.15, 0.2) is 0 Å². The van der Waals surface area contributed by atoms with Gasteiger partial charge in [0.05, 0.1) is 24.4 Å². The molecular weight excluding hydrogens is 485 g/mol. The van der Waals surface area contributed by atoms with E-state index in [9.17, 15) is 33.3 Å². The third-order valence-electron chi connectivity index (χ3n) is 3.34. The first-order valence-electron chi connectivity index (χ1n) is 7.25. The summed E-state index contributed by atoms with van der Waals surface area (Å²) in [6.45, 7) is -0.889. The smallest absolute Gasteiger partial charge is 0.390 e. The number of aromatic nitrogens is 2. The number of phosphoric ester groups is 1. The third-order valence-corrected chi connectivity index (χ3v) is 7.44. The fraction of sp³-hybridized carbons (Fsp3) is 0.556. The molecule has 5 atom stereocenters. The van der Waals surface area contributed by atoms with Gasteiger partial charge in [0.2, 0.25) is 0 Å². The van der Waals surface area contributed by atoms with Crippen LogP contribution in [0.3, 0.4) is 0 Å². The SMILES string of the molecule is O=c1[nH]c(=O)n(S)cc1[C@H]1CC(O)[C@@H](COP(=O)(O)OP(=O)(O)OP(=O)(O)O)O1. The van der Waals surface area contributed by atoms with Gasteiger partial charge in [-0.25, -0.2) is 22.5 Å². The standard InChI is InChI=1S/C9H15N2O14P3S/c12-5-1-6(4-2-11(29)9(14)10-8(4)13)23-7(5)3-22-27(18,19)25-28(20,21)24-26(15,16)17/h2,5-7,12,29H,1,3H2,(H,18,19)(H,20,21)(H,10,13,14)(H2,15,16,17)/t5?,6-,7-/m1/s1. The highest BCUT2D eigenvalue weighted by atomic mass is 32.1. The fourth-order valence-electron chi connectivity index (χ4n) is 2.25. The number of hydrogen-bond donors (Lipinski definition) is 7. The molecule has 0 spiro atoms. The van der Waals surface area contributed by atoms with Crippen molar-refractivity contribution in [2.75, 3.05) is 6.61 Å². The Kier molecular flexibility index (Phi) is 7.51. The number of nitrogens with one attached hydrogen (secondary N) is 1. The van der Waals surface area contributed by atoms with E-state index < -0.39 is 59.6 Å². The van der Waals surface area contributed by atoms with Crippen LogP contribution in [-0.4, -0.2) is 52.5 Å². The minimum atomic E-state index is -5.68. The summed E-state index contributed by atoms with van der Waals surface area (Å²) in [5, 5.41) is 9.97. The predicted octanol–water partition coefficient (Wildman–Crippen LogP) is -1.24. The maximum absolute atomic E-state index is 11.8. The molecule has 0 aliphatic carbocycles. The number of phosphoric acid groups is 3. The van der Waals surface area contributed by atoms with E-state index in [1.807, 2.05) is 4.98 Å². The van der Waals surface area contributed by atoms with Gasteiger partial charge in [-0.2, -0.15) is 8.62 Å². The molecule has 0 saturated carbocycles. The van der Waals surface area contributed by atoms with Gasteiger partial charge >= 0.3 is 29.2 Å². The van der Waals surface area contributed by atoms with Crippen LogP contribution in [0.4, 0.5) is 0 Å². The summed E-state index contributed by atoms with van der Waals surface area (Å²) in [4.78, 5) is 60.4. The maximum Gasteiger partial charge on any atom is 0.490 e. The van der Waals surface area contributed by atoms with Crippen molar-refractivity contribution in [2.24, 2.45) is 0 Å². The number of H-pyrrole nitrogens is 1. The Bertz CT molecular complexity index is 1020. The van der Waals surface area contributed by atoms with Crippen molar-refractivity contribution in [1.82, 2.24) is 8.96 Å². The van der Waals surface area contributed by atoms with Crippen LogP contribution >= 0.6 is 36.3 Å².